The predicted octanol–water partition coefficient (Wildman–Crippen LogP) is 3.60. The zero-order chi connectivity index (χ0) is 18.2. The van der Waals surface area contributed by atoms with Gasteiger partial charge in [0.05, 0.1) is 24.9 Å². The number of aryl methyl sites for hydroxylation is 1. The molecule has 0 saturated carbocycles. The second kappa shape index (κ2) is 8.77. The Kier molecular flexibility index (Phi) is 6.45. The van der Waals surface area contributed by atoms with E-state index in [1.807, 2.05) is 0 Å². The van der Waals surface area contributed by atoms with Crippen LogP contribution in [0.2, 0.25) is 0 Å². The Labute approximate surface area is 145 Å². The maximum atomic E-state index is 13.2. The molecule has 1 aromatic carbocycles. The number of hydrogen-bond donors (Lipinski definition) is 1. The standard InChI is InChI=1S/C18H19FN2O4/c1-3-24-18(23)9-7-16(22)21-13-4-8-17(20-11-13)25-14-5-6-15(19)12(2)10-14/h4-6,8,10-11H,3,7,9H2,1-2H3,(H,21,22). The number of hydrogen-bond acceptors (Lipinski definition) is 5. The minimum absolute atomic E-state index is 0.0260. The summed E-state index contributed by atoms with van der Waals surface area (Å²) >= 11 is 0. The Hall–Kier alpha value is -2.96. The molecular formula is C18H19FN2O4. The van der Waals surface area contributed by atoms with Gasteiger partial charge in [-0.25, -0.2) is 9.37 Å². The van der Waals surface area contributed by atoms with Gasteiger partial charge in [-0.05, 0) is 43.7 Å². The Balaban J connectivity index is 1.87. The lowest BCUT2D eigenvalue weighted by atomic mass is 10.2. The molecular weight excluding hydrogens is 327 g/mol. The number of esters is 1. The fourth-order valence-corrected chi connectivity index (χ4v) is 1.99. The molecule has 0 spiro atoms. The number of nitrogens with zero attached hydrogens (tertiary/aromatic N) is 1. The first-order valence-electron chi connectivity index (χ1n) is 7.83. The van der Waals surface area contributed by atoms with Crippen LogP contribution < -0.4 is 10.1 Å². The number of amides is 1. The number of ether oxygens (including phenoxy) is 2. The predicted molar refractivity (Wildman–Crippen MR) is 89.9 cm³/mol. The largest absolute Gasteiger partial charge is 0.466 e. The lowest BCUT2D eigenvalue weighted by molar-refractivity contribution is -0.144. The molecule has 6 nitrogen and oxygen atoms in total. The number of carbonyl (C=O) groups excluding carboxylic acids is 2. The van der Waals surface area contributed by atoms with Crippen LogP contribution in [0.25, 0.3) is 0 Å². The highest BCUT2D eigenvalue weighted by atomic mass is 19.1. The first-order valence-corrected chi connectivity index (χ1v) is 7.83. The number of benzene rings is 1. The third-order valence-corrected chi connectivity index (χ3v) is 3.23. The van der Waals surface area contributed by atoms with Gasteiger partial charge in [-0.2, -0.15) is 0 Å². The van der Waals surface area contributed by atoms with E-state index in [2.05, 4.69) is 10.3 Å². The van der Waals surface area contributed by atoms with Gasteiger partial charge in [0, 0.05) is 12.5 Å². The number of halogens is 1. The summed E-state index contributed by atoms with van der Waals surface area (Å²) in [6.07, 6.45) is 1.50. The first kappa shape index (κ1) is 18.4. The van der Waals surface area contributed by atoms with Gasteiger partial charge in [0.1, 0.15) is 11.6 Å². The smallest absolute Gasteiger partial charge is 0.306 e. The summed E-state index contributed by atoms with van der Waals surface area (Å²) in [4.78, 5) is 27.0. The molecule has 1 amide bonds. The molecule has 7 heteroatoms. The van der Waals surface area contributed by atoms with E-state index < -0.39 is 5.97 Å². The van der Waals surface area contributed by atoms with E-state index >= 15 is 0 Å². The lowest BCUT2D eigenvalue weighted by Crippen LogP contribution is -2.14. The molecule has 132 valence electrons. The monoisotopic (exact) mass is 346 g/mol. The Morgan fingerprint density at radius 3 is 2.64 bits per heavy atom. The van der Waals surface area contributed by atoms with E-state index in [1.165, 1.54) is 18.3 Å². The van der Waals surface area contributed by atoms with Gasteiger partial charge in [-0.1, -0.05) is 0 Å². The number of aromatic nitrogens is 1. The summed E-state index contributed by atoms with van der Waals surface area (Å²) in [6.45, 7) is 3.64. The van der Waals surface area contributed by atoms with E-state index in [-0.39, 0.29) is 24.6 Å². The summed E-state index contributed by atoms with van der Waals surface area (Å²) in [5.41, 5.74) is 0.958. The Morgan fingerprint density at radius 1 is 1.20 bits per heavy atom. The van der Waals surface area contributed by atoms with Crippen molar-refractivity contribution in [3.05, 3.63) is 47.9 Å². The van der Waals surface area contributed by atoms with Crippen LogP contribution in [0.15, 0.2) is 36.5 Å². The summed E-state index contributed by atoms with van der Waals surface area (Å²) in [5.74, 6) is -0.235. The Morgan fingerprint density at radius 2 is 2.00 bits per heavy atom. The molecule has 1 aromatic heterocycles. The molecule has 1 N–H and O–H groups in total. The van der Waals surface area contributed by atoms with Crippen LogP contribution in [0.4, 0.5) is 10.1 Å². The van der Waals surface area contributed by atoms with Gasteiger partial charge in [0.15, 0.2) is 0 Å². The second-order valence-corrected chi connectivity index (χ2v) is 5.25. The minimum atomic E-state index is -0.408. The lowest BCUT2D eigenvalue weighted by Gasteiger charge is -2.08. The van der Waals surface area contributed by atoms with Gasteiger partial charge in [0.2, 0.25) is 11.8 Å². The molecule has 0 saturated heterocycles. The first-order chi connectivity index (χ1) is 12.0. The number of pyridine rings is 1. The van der Waals surface area contributed by atoms with Crippen molar-refractivity contribution in [2.75, 3.05) is 11.9 Å². The van der Waals surface area contributed by atoms with Crippen LogP contribution >= 0.6 is 0 Å². The second-order valence-electron chi connectivity index (χ2n) is 5.25. The maximum Gasteiger partial charge on any atom is 0.306 e. The van der Waals surface area contributed by atoms with Crippen LogP contribution in [0, 0.1) is 12.7 Å². The highest BCUT2D eigenvalue weighted by Crippen LogP contribution is 2.22. The summed E-state index contributed by atoms with van der Waals surface area (Å²) < 4.78 is 23.5. The molecule has 0 aliphatic heterocycles. The molecule has 1 heterocycles. The van der Waals surface area contributed by atoms with Crippen molar-refractivity contribution in [3.63, 3.8) is 0 Å². The number of anilines is 1. The highest BCUT2D eigenvalue weighted by molar-refractivity contribution is 5.92. The molecule has 0 unspecified atom stereocenters. The van der Waals surface area contributed by atoms with E-state index in [0.717, 1.165) is 0 Å². The van der Waals surface area contributed by atoms with Crippen molar-refractivity contribution in [2.24, 2.45) is 0 Å². The van der Waals surface area contributed by atoms with Crippen LogP contribution in [0.3, 0.4) is 0 Å². The van der Waals surface area contributed by atoms with Gasteiger partial charge < -0.3 is 14.8 Å². The molecule has 0 atom stereocenters. The van der Waals surface area contributed by atoms with Gasteiger partial charge in [-0.15, -0.1) is 0 Å². The van der Waals surface area contributed by atoms with E-state index in [4.69, 9.17) is 9.47 Å². The minimum Gasteiger partial charge on any atom is -0.466 e. The van der Waals surface area contributed by atoms with E-state index in [1.54, 1.807) is 32.0 Å². The molecule has 0 radical (unpaired) electrons. The zero-order valence-corrected chi connectivity index (χ0v) is 14.0. The SMILES string of the molecule is CCOC(=O)CCC(=O)Nc1ccc(Oc2ccc(F)c(C)c2)nc1. The van der Waals surface area contributed by atoms with Crippen LogP contribution in [-0.2, 0) is 14.3 Å². The van der Waals surface area contributed by atoms with Crippen molar-refractivity contribution < 1.29 is 23.5 Å². The number of nitrogens with one attached hydrogen (secondary N) is 1. The third-order valence-electron chi connectivity index (χ3n) is 3.23. The molecule has 2 rings (SSSR count). The van der Waals surface area contributed by atoms with E-state index in [9.17, 15) is 14.0 Å². The fourth-order valence-electron chi connectivity index (χ4n) is 1.99. The van der Waals surface area contributed by atoms with Crippen molar-refractivity contribution in [1.82, 2.24) is 4.98 Å². The van der Waals surface area contributed by atoms with Gasteiger partial charge >= 0.3 is 5.97 Å². The van der Waals surface area contributed by atoms with Crippen molar-refractivity contribution >= 4 is 17.6 Å². The zero-order valence-electron chi connectivity index (χ0n) is 14.0. The molecule has 0 aliphatic carbocycles. The average molecular weight is 346 g/mol. The maximum absolute atomic E-state index is 13.2. The van der Waals surface area contributed by atoms with Crippen molar-refractivity contribution in [2.45, 2.75) is 26.7 Å². The van der Waals surface area contributed by atoms with E-state index in [0.29, 0.717) is 29.5 Å². The van der Waals surface area contributed by atoms with Gasteiger partial charge in [0.25, 0.3) is 0 Å². The quantitative estimate of drug-likeness (QED) is 0.775. The van der Waals surface area contributed by atoms with Crippen molar-refractivity contribution in [3.8, 4) is 11.6 Å². The van der Waals surface area contributed by atoms with Crippen LogP contribution in [0.5, 0.6) is 11.6 Å². The normalized spacial score (nSPS) is 10.2. The number of carbonyl (C=O) groups is 2. The van der Waals surface area contributed by atoms with Gasteiger partial charge in [-0.3, -0.25) is 9.59 Å². The molecule has 0 aliphatic rings. The topological polar surface area (TPSA) is 77.5 Å². The number of rotatable bonds is 7. The fraction of sp³-hybridized carbons (Fsp3) is 0.278. The van der Waals surface area contributed by atoms with Crippen LogP contribution in [0.1, 0.15) is 25.3 Å². The summed E-state index contributed by atoms with van der Waals surface area (Å²) in [6, 6.07) is 7.61. The molecule has 25 heavy (non-hydrogen) atoms. The summed E-state index contributed by atoms with van der Waals surface area (Å²) in [5, 5.41) is 2.63. The molecule has 0 fully saturated rings. The van der Waals surface area contributed by atoms with Crippen molar-refractivity contribution in [1.29, 1.82) is 0 Å². The summed E-state index contributed by atoms with van der Waals surface area (Å²) in [7, 11) is 0. The highest BCUT2D eigenvalue weighted by Gasteiger charge is 2.08. The molecule has 0 bridgehead atoms. The van der Waals surface area contributed by atoms with Crippen LogP contribution in [-0.4, -0.2) is 23.5 Å². The Bertz CT molecular complexity index is 747. The molecule has 2 aromatic rings. The average Bonchev–Trinajstić information content (AvgIpc) is 2.58. The third kappa shape index (κ3) is 5.87.